The Kier molecular flexibility index (Phi) is 5.13. The Balaban J connectivity index is 0. The van der Waals surface area contributed by atoms with E-state index in [0.29, 0.717) is 0 Å². The smallest absolute Gasteiger partial charge is 1.00 e. The van der Waals surface area contributed by atoms with Gasteiger partial charge in [0, 0.05) is 0 Å². The first-order valence-corrected chi connectivity index (χ1v) is 4.04. The van der Waals surface area contributed by atoms with Gasteiger partial charge in [-0.3, -0.25) is 9.59 Å². The van der Waals surface area contributed by atoms with Crippen LogP contribution >= 0.6 is 0 Å². The van der Waals surface area contributed by atoms with Crippen LogP contribution in [0.3, 0.4) is 0 Å². The van der Waals surface area contributed by atoms with E-state index < -0.39 is 17.9 Å². The summed E-state index contributed by atoms with van der Waals surface area (Å²) in [5.74, 6) is -4.17. The van der Waals surface area contributed by atoms with Gasteiger partial charge in [0.25, 0.3) is 0 Å². The molecule has 0 amide bonds. The van der Waals surface area contributed by atoms with Crippen molar-refractivity contribution >= 4 is 11.9 Å². The van der Waals surface area contributed by atoms with Crippen molar-refractivity contribution in [3.05, 3.63) is 35.4 Å². The van der Waals surface area contributed by atoms with Crippen LogP contribution in [0.5, 0.6) is 0 Å². The third-order valence-corrected chi connectivity index (χ3v) is 1.90. The molecule has 0 spiro atoms. The van der Waals surface area contributed by atoms with Crippen molar-refractivity contribution < 1.29 is 40.1 Å². The van der Waals surface area contributed by atoms with Crippen LogP contribution in [-0.4, -0.2) is 22.2 Å². The zero-order valence-corrected chi connectivity index (χ0v) is 8.60. The number of carboxylic acid groups (broad SMARTS) is 2. The Morgan fingerprint density at radius 2 is 1.53 bits per heavy atom. The van der Waals surface area contributed by atoms with Gasteiger partial charge in [0.1, 0.15) is 0 Å². The number of carboxylic acids is 2. The van der Waals surface area contributed by atoms with Crippen LogP contribution in [0.2, 0.25) is 0 Å². The van der Waals surface area contributed by atoms with Crippen molar-refractivity contribution in [1.29, 1.82) is 0 Å². The molecular weight excluding hydrogens is 191 g/mol. The molecular formula is C10H11LiO4. The predicted octanol–water partition coefficient (Wildman–Crippen LogP) is -1.64. The van der Waals surface area contributed by atoms with Crippen LogP contribution in [0.15, 0.2) is 24.3 Å². The number of aliphatic carboxylic acids is 2. The number of benzene rings is 1. The molecule has 4 nitrogen and oxygen atoms in total. The zero-order valence-electron chi connectivity index (χ0n) is 9.60. The van der Waals surface area contributed by atoms with Crippen LogP contribution in [-0.2, 0) is 9.59 Å². The summed E-state index contributed by atoms with van der Waals surface area (Å²) in [5.41, 5.74) is 1.25. The molecule has 0 heterocycles. The first-order chi connectivity index (χ1) is 6.52. The quantitative estimate of drug-likeness (QED) is 0.455. The fourth-order valence-corrected chi connectivity index (χ4v) is 1.15. The number of hydrogen-bond donors (Lipinski definition) is 2. The third-order valence-electron chi connectivity index (χ3n) is 1.90. The number of hydrogen-bond acceptors (Lipinski definition) is 2. The molecule has 0 bridgehead atoms. The van der Waals surface area contributed by atoms with Gasteiger partial charge in [0.2, 0.25) is 0 Å². The van der Waals surface area contributed by atoms with E-state index in [2.05, 4.69) is 0 Å². The molecule has 0 aliphatic heterocycles. The number of aryl methyl sites for hydroxylation is 1. The monoisotopic (exact) mass is 202 g/mol. The molecule has 15 heavy (non-hydrogen) atoms. The molecule has 2 N–H and O–H groups in total. The van der Waals surface area contributed by atoms with Crippen molar-refractivity contribution in [1.82, 2.24) is 0 Å². The van der Waals surface area contributed by atoms with E-state index in [4.69, 9.17) is 10.2 Å². The molecule has 76 valence electrons. The molecule has 0 saturated heterocycles. The topological polar surface area (TPSA) is 74.6 Å². The van der Waals surface area contributed by atoms with Crippen molar-refractivity contribution in [2.45, 2.75) is 12.8 Å². The molecule has 0 saturated carbocycles. The normalized spacial score (nSPS) is 9.47. The minimum atomic E-state index is -1.48. The van der Waals surface area contributed by atoms with Gasteiger partial charge in [-0.1, -0.05) is 29.8 Å². The molecule has 0 unspecified atom stereocenters. The molecule has 1 aromatic rings. The van der Waals surface area contributed by atoms with Crippen molar-refractivity contribution in [2.75, 3.05) is 0 Å². The fraction of sp³-hybridized carbons (Fsp3) is 0.200. The second-order valence-corrected chi connectivity index (χ2v) is 3.02. The predicted molar refractivity (Wildman–Crippen MR) is 50.3 cm³/mol. The Morgan fingerprint density at radius 1 is 1.13 bits per heavy atom. The summed E-state index contributed by atoms with van der Waals surface area (Å²) in [6.45, 7) is 1.85. The van der Waals surface area contributed by atoms with E-state index in [0.717, 1.165) is 5.56 Å². The molecule has 1 aromatic carbocycles. The molecule has 5 heteroatoms. The summed E-state index contributed by atoms with van der Waals surface area (Å²) >= 11 is 0. The standard InChI is InChI=1S/C10H10O4.Li.H/c1-6-2-4-7(5-3-6)8(9(11)12)10(13)14;;/h2-5,8H,1H3,(H,11,12)(H,13,14);;/q;+1;-1. The summed E-state index contributed by atoms with van der Waals surface area (Å²) in [5, 5.41) is 17.4. The van der Waals surface area contributed by atoms with Gasteiger partial charge in [0.15, 0.2) is 5.92 Å². The first kappa shape index (κ1) is 13.8. The summed E-state index contributed by atoms with van der Waals surface area (Å²) in [6.07, 6.45) is 0. The molecule has 0 fully saturated rings. The van der Waals surface area contributed by atoms with Gasteiger partial charge < -0.3 is 11.6 Å². The number of rotatable bonds is 3. The van der Waals surface area contributed by atoms with Crippen LogP contribution < -0.4 is 18.9 Å². The summed E-state index contributed by atoms with van der Waals surface area (Å²) in [6, 6.07) is 6.41. The summed E-state index contributed by atoms with van der Waals surface area (Å²) in [4.78, 5) is 21.3. The van der Waals surface area contributed by atoms with Crippen molar-refractivity contribution in [3.8, 4) is 0 Å². The molecule has 0 atom stereocenters. The summed E-state index contributed by atoms with van der Waals surface area (Å²) < 4.78 is 0. The molecule has 0 radical (unpaired) electrons. The Morgan fingerprint density at radius 3 is 1.87 bits per heavy atom. The Bertz CT molecular complexity index is 350. The largest absolute Gasteiger partial charge is 1.00 e. The average molecular weight is 202 g/mol. The van der Waals surface area contributed by atoms with E-state index in [9.17, 15) is 9.59 Å². The van der Waals surface area contributed by atoms with Gasteiger partial charge in [-0.25, -0.2) is 0 Å². The van der Waals surface area contributed by atoms with Gasteiger partial charge >= 0.3 is 30.8 Å². The second-order valence-electron chi connectivity index (χ2n) is 3.02. The molecule has 0 aromatic heterocycles. The third kappa shape index (κ3) is 3.43. The zero-order chi connectivity index (χ0) is 10.7. The fourth-order valence-electron chi connectivity index (χ4n) is 1.15. The minimum absolute atomic E-state index is 0. The molecule has 1 rings (SSSR count). The van der Waals surface area contributed by atoms with Gasteiger partial charge in [0.05, 0.1) is 0 Å². The van der Waals surface area contributed by atoms with Crippen LogP contribution in [0.4, 0.5) is 0 Å². The van der Waals surface area contributed by atoms with E-state index in [-0.39, 0.29) is 25.9 Å². The van der Waals surface area contributed by atoms with E-state index >= 15 is 0 Å². The van der Waals surface area contributed by atoms with Gasteiger partial charge in [-0.05, 0) is 12.5 Å². The van der Waals surface area contributed by atoms with Crippen molar-refractivity contribution in [2.24, 2.45) is 0 Å². The maximum absolute atomic E-state index is 10.6. The Labute approximate surface area is 101 Å². The molecule has 0 aliphatic rings. The maximum Gasteiger partial charge on any atom is 1.00 e. The van der Waals surface area contributed by atoms with E-state index in [1.165, 1.54) is 12.1 Å². The maximum atomic E-state index is 10.6. The average Bonchev–Trinajstić information content (AvgIpc) is 2.07. The SMILES string of the molecule is Cc1ccc(C(C(=O)O)C(=O)O)cc1.[H-].[Li+]. The number of carbonyl (C=O) groups is 2. The van der Waals surface area contributed by atoms with Gasteiger partial charge in [-0.2, -0.15) is 0 Å². The van der Waals surface area contributed by atoms with Crippen LogP contribution in [0.25, 0.3) is 0 Å². The van der Waals surface area contributed by atoms with E-state index in [1.54, 1.807) is 12.1 Å². The van der Waals surface area contributed by atoms with E-state index in [1.807, 2.05) is 6.92 Å². The molecule has 0 aliphatic carbocycles. The first-order valence-electron chi connectivity index (χ1n) is 4.04. The minimum Gasteiger partial charge on any atom is -1.00 e. The summed E-state index contributed by atoms with van der Waals surface area (Å²) in [7, 11) is 0. The van der Waals surface area contributed by atoms with Crippen LogP contribution in [0, 0.1) is 6.92 Å². The second kappa shape index (κ2) is 5.59. The van der Waals surface area contributed by atoms with Crippen molar-refractivity contribution in [3.63, 3.8) is 0 Å². The Hall–Kier alpha value is -1.24. The van der Waals surface area contributed by atoms with Crippen LogP contribution in [0.1, 0.15) is 18.5 Å². The van der Waals surface area contributed by atoms with Gasteiger partial charge in [-0.15, -0.1) is 0 Å².